The van der Waals surface area contributed by atoms with Crippen LogP contribution in [0.3, 0.4) is 0 Å². The molecule has 5 aromatic carbocycles. The van der Waals surface area contributed by atoms with Gasteiger partial charge in [0.05, 0.1) is 17.9 Å². The zero-order valence-electron chi connectivity index (χ0n) is 17.0. The van der Waals surface area contributed by atoms with Crippen molar-refractivity contribution in [2.75, 3.05) is 0 Å². The highest BCUT2D eigenvalue weighted by Crippen LogP contribution is 2.54. The van der Waals surface area contributed by atoms with Crippen molar-refractivity contribution in [2.24, 2.45) is 0 Å². The maximum atomic E-state index is 10.8. The van der Waals surface area contributed by atoms with Gasteiger partial charge in [-0.15, -0.1) is 0 Å². The number of fused-ring (bicyclic) bond motifs is 6. The van der Waals surface area contributed by atoms with E-state index in [9.17, 15) is 15.3 Å². The van der Waals surface area contributed by atoms with E-state index in [0.717, 1.165) is 34.6 Å². The van der Waals surface area contributed by atoms with Gasteiger partial charge in [-0.05, 0) is 85.8 Å². The largest absolute Gasteiger partial charge is 0.507 e. The highest BCUT2D eigenvalue weighted by molar-refractivity contribution is 14.1. The molecule has 0 saturated heterocycles. The van der Waals surface area contributed by atoms with Crippen molar-refractivity contribution >= 4 is 66.7 Å². The second-order valence-electron chi connectivity index (χ2n) is 8.09. The van der Waals surface area contributed by atoms with Gasteiger partial charge in [-0.3, -0.25) is 0 Å². The quantitative estimate of drug-likeness (QED) is 0.159. The number of benzene rings is 5. The predicted octanol–water partition coefficient (Wildman–Crippen LogP) is 7.60. The van der Waals surface area contributed by atoms with Crippen LogP contribution in [0.4, 0.5) is 0 Å². The second kappa shape index (κ2) is 7.66. The molecule has 0 atom stereocenters. The van der Waals surface area contributed by atoms with Gasteiger partial charge in [0.15, 0.2) is 0 Å². The molecule has 1 aliphatic heterocycles. The number of halogens is 2. The van der Waals surface area contributed by atoms with E-state index in [2.05, 4.69) is 45.2 Å². The smallest absolute Gasteiger partial charge is 0.143 e. The summed E-state index contributed by atoms with van der Waals surface area (Å²) >= 11 is 4.29. The molecule has 6 heteroatoms. The van der Waals surface area contributed by atoms with Gasteiger partial charge in [-0.1, -0.05) is 48.5 Å². The Morgan fingerprint density at radius 3 is 1.61 bits per heavy atom. The number of aromatic hydroxyl groups is 3. The first-order valence-corrected chi connectivity index (χ1v) is 12.4. The summed E-state index contributed by atoms with van der Waals surface area (Å²) in [4.78, 5) is 0. The maximum Gasteiger partial charge on any atom is 0.143 e. The molecule has 6 rings (SSSR count). The number of hydrogen-bond donors (Lipinski definition) is 3. The van der Waals surface area contributed by atoms with Gasteiger partial charge in [0.1, 0.15) is 28.7 Å². The van der Waals surface area contributed by atoms with Crippen LogP contribution in [0.25, 0.3) is 21.5 Å². The first-order chi connectivity index (χ1) is 15.9. The standard InChI is InChI=1S/C27H16I2O4/c28-18-11-15(12-19(29)25(18)32)22-16-9-7-13-3-1-5-20(30)23(13)26(16)33-27-17(22)10-8-14-4-2-6-21(31)24(14)27/h1-12,22,30-32H. The van der Waals surface area contributed by atoms with E-state index in [1.54, 1.807) is 12.1 Å². The Kier molecular flexibility index (Phi) is 4.84. The highest BCUT2D eigenvalue weighted by Gasteiger charge is 2.33. The van der Waals surface area contributed by atoms with E-state index in [0.29, 0.717) is 22.3 Å². The van der Waals surface area contributed by atoms with E-state index in [1.165, 1.54) is 0 Å². The summed E-state index contributed by atoms with van der Waals surface area (Å²) in [6, 6.07) is 22.8. The molecular formula is C27H16I2O4. The van der Waals surface area contributed by atoms with Crippen LogP contribution in [0.1, 0.15) is 22.6 Å². The molecule has 0 fully saturated rings. The maximum absolute atomic E-state index is 10.8. The fourth-order valence-electron chi connectivity index (χ4n) is 4.74. The molecular weight excluding hydrogens is 642 g/mol. The molecule has 5 aromatic rings. The zero-order valence-corrected chi connectivity index (χ0v) is 21.3. The van der Waals surface area contributed by atoms with Gasteiger partial charge in [-0.25, -0.2) is 0 Å². The summed E-state index contributed by atoms with van der Waals surface area (Å²) in [7, 11) is 0. The van der Waals surface area contributed by atoms with Crippen molar-refractivity contribution < 1.29 is 20.1 Å². The number of phenols is 3. The zero-order chi connectivity index (χ0) is 22.9. The monoisotopic (exact) mass is 658 g/mol. The van der Waals surface area contributed by atoms with E-state index in [4.69, 9.17) is 4.74 Å². The molecule has 0 aromatic heterocycles. The van der Waals surface area contributed by atoms with Gasteiger partial charge in [0, 0.05) is 17.0 Å². The third kappa shape index (κ3) is 3.14. The Hall–Kier alpha value is -2.72. The normalized spacial score (nSPS) is 13.0. The lowest BCUT2D eigenvalue weighted by atomic mass is 9.80. The molecule has 162 valence electrons. The highest BCUT2D eigenvalue weighted by atomic mass is 127. The molecule has 0 unspecified atom stereocenters. The fourth-order valence-corrected chi connectivity index (χ4v) is 6.56. The number of rotatable bonds is 1. The molecule has 0 aliphatic carbocycles. The first-order valence-electron chi connectivity index (χ1n) is 10.3. The van der Waals surface area contributed by atoms with Crippen molar-refractivity contribution in [1.29, 1.82) is 0 Å². The lowest BCUT2D eigenvalue weighted by Crippen LogP contribution is -2.13. The third-order valence-corrected chi connectivity index (χ3v) is 7.86. The molecule has 33 heavy (non-hydrogen) atoms. The lowest BCUT2D eigenvalue weighted by Gasteiger charge is -2.31. The molecule has 3 N–H and O–H groups in total. The Bertz CT molecular complexity index is 1500. The van der Waals surface area contributed by atoms with Crippen molar-refractivity contribution in [1.82, 2.24) is 0 Å². The van der Waals surface area contributed by atoms with Crippen LogP contribution in [0.5, 0.6) is 28.7 Å². The summed E-state index contributed by atoms with van der Waals surface area (Å²) in [6.07, 6.45) is 0. The van der Waals surface area contributed by atoms with Crippen LogP contribution >= 0.6 is 45.2 Å². The molecule has 0 spiro atoms. The summed E-state index contributed by atoms with van der Waals surface area (Å²) in [5.74, 6) is 1.50. The summed E-state index contributed by atoms with van der Waals surface area (Å²) < 4.78 is 8.05. The van der Waals surface area contributed by atoms with E-state index < -0.39 is 0 Å². The van der Waals surface area contributed by atoms with Crippen LogP contribution in [0, 0.1) is 7.14 Å². The fraction of sp³-hybridized carbons (Fsp3) is 0.0370. The van der Waals surface area contributed by atoms with Crippen molar-refractivity contribution in [3.8, 4) is 28.7 Å². The minimum Gasteiger partial charge on any atom is -0.507 e. The van der Waals surface area contributed by atoms with Gasteiger partial charge >= 0.3 is 0 Å². The number of ether oxygens (including phenoxy) is 1. The van der Waals surface area contributed by atoms with E-state index in [-0.39, 0.29) is 23.2 Å². The van der Waals surface area contributed by atoms with Gasteiger partial charge in [0.2, 0.25) is 0 Å². The molecule has 0 saturated carbocycles. The summed E-state index contributed by atoms with van der Waals surface area (Å²) in [5.41, 5.74) is 2.84. The van der Waals surface area contributed by atoms with Crippen LogP contribution in [-0.2, 0) is 0 Å². The minimum atomic E-state index is -0.209. The number of phenolic OH excluding ortho intramolecular Hbond substituents is 3. The number of hydrogen-bond acceptors (Lipinski definition) is 4. The van der Waals surface area contributed by atoms with Crippen LogP contribution in [0.2, 0.25) is 0 Å². The van der Waals surface area contributed by atoms with Crippen LogP contribution < -0.4 is 4.74 Å². The predicted molar refractivity (Wildman–Crippen MR) is 146 cm³/mol. The molecule has 0 radical (unpaired) electrons. The lowest BCUT2D eigenvalue weighted by molar-refractivity contribution is 0.447. The SMILES string of the molecule is Oc1c(I)cc(C2c3ccc4cccc(O)c4c3Oc3c2ccc2cccc(O)c32)cc1I. The topological polar surface area (TPSA) is 69.9 Å². The van der Waals surface area contributed by atoms with Gasteiger partial charge in [-0.2, -0.15) is 0 Å². The van der Waals surface area contributed by atoms with E-state index in [1.807, 2.05) is 60.7 Å². The third-order valence-electron chi connectivity index (χ3n) is 6.21. The Morgan fingerprint density at radius 1 is 0.636 bits per heavy atom. The van der Waals surface area contributed by atoms with Crippen molar-refractivity contribution in [2.45, 2.75) is 5.92 Å². The average molecular weight is 658 g/mol. The minimum absolute atomic E-state index is 0.144. The summed E-state index contributed by atoms with van der Waals surface area (Å²) in [5, 5.41) is 34.9. The molecule has 1 aliphatic rings. The van der Waals surface area contributed by atoms with E-state index >= 15 is 0 Å². The molecule has 1 heterocycles. The van der Waals surface area contributed by atoms with Gasteiger partial charge in [0.25, 0.3) is 0 Å². The van der Waals surface area contributed by atoms with Crippen molar-refractivity contribution in [3.05, 3.63) is 96.6 Å². The molecule has 0 amide bonds. The van der Waals surface area contributed by atoms with Gasteiger partial charge < -0.3 is 20.1 Å². The Labute approximate surface area is 216 Å². The second-order valence-corrected chi connectivity index (χ2v) is 10.4. The molecule has 4 nitrogen and oxygen atoms in total. The van der Waals surface area contributed by atoms with Crippen molar-refractivity contribution in [3.63, 3.8) is 0 Å². The summed E-state index contributed by atoms with van der Waals surface area (Å²) in [6.45, 7) is 0. The van der Waals surface area contributed by atoms with Crippen LogP contribution in [0.15, 0.2) is 72.8 Å². The Balaban J connectivity index is 1.75. The first kappa shape index (κ1) is 20.9. The average Bonchev–Trinajstić information content (AvgIpc) is 2.80. The van der Waals surface area contributed by atoms with Crippen LogP contribution in [-0.4, -0.2) is 15.3 Å². The molecule has 0 bridgehead atoms. The Morgan fingerprint density at radius 2 is 1.12 bits per heavy atom.